The molecular weight excluding hydrogens is 246 g/mol. The molecule has 0 saturated heterocycles. The van der Waals surface area contributed by atoms with Crippen molar-refractivity contribution in [1.29, 1.82) is 0 Å². The Labute approximate surface area is 108 Å². The Morgan fingerprint density at radius 1 is 1.21 bits per heavy atom. The summed E-state index contributed by atoms with van der Waals surface area (Å²) in [5.41, 5.74) is 0. The Bertz CT molecular complexity index is 621. The van der Waals surface area contributed by atoms with Gasteiger partial charge in [-0.25, -0.2) is 4.98 Å². The molecule has 0 aliphatic rings. The zero-order valence-corrected chi connectivity index (χ0v) is 9.98. The molecule has 0 unspecified atom stereocenters. The first kappa shape index (κ1) is 11.4. The molecule has 2 heterocycles. The largest absolute Gasteiger partial charge is 0.493 e. The van der Waals surface area contributed by atoms with Crippen LogP contribution in [-0.2, 0) is 6.42 Å². The van der Waals surface area contributed by atoms with E-state index in [9.17, 15) is 0 Å². The topological polar surface area (TPSA) is 89.7 Å². The lowest BCUT2D eigenvalue weighted by atomic mass is 10.3. The lowest BCUT2D eigenvalue weighted by Gasteiger charge is -2.02. The number of rotatable bonds is 5. The number of H-pyrrole nitrogens is 1. The van der Waals surface area contributed by atoms with Crippen molar-refractivity contribution in [2.24, 2.45) is 0 Å². The van der Waals surface area contributed by atoms with E-state index in [1.807, 2.05) is 30.3 Å². The van der Waals surface area contributed by atoms with Crippen LogP contribution in [0.5, 0.6) is 5.75 Å². The van der Waals surface area contributed by atoms with Crippen LogP contribution in [0.1, 0.15) is 5.89 Å². The van der Waals surface area contributed by atoms with Gasteiger partial charge in [-0.15, -0.1) is 0 Å². The highest BCUT2D eigenvalue weighted by molar-refractivity contribution is 5.39. The lowest BCUT2D eigenvalue weighted by Crippen LogP contribution is -2.01. The van der Waals surface area contributed by atoms with E-state index < -0.39 is 0 Å². The maximum atomic E-state index is 5.55. The molecule has 0 amide bonds. The van der Waals surface area contributed by atoms with Gasteiger partial charge in [-0.1, -0.05) is 23.4 Å². The fourth-order valence-corrected chi connectivity index (χ4v) is 1.54. The molecule has 1 N–H and O–H groups in total. The third-order valence-electron chi connectivity index (χ3n) is 2.42. The molecule has 3 rings (SSSR count). The van der Waals surface area contributed by atoms with E-state index in [1.165, 1.54) is 6.33 Å². The quantitative estimate of drug-likeness (QED) is 0.744. The lowest BCUT2D eigenvalue weighted by molar-refractivity contribution is 0.292. The summed E-state index contributed by atoms with van der Waals surface area (Å²) in [5.74, 6) is 2.20. The van der Waals surface area contributed by atoms with E-state index in [0.717, 1.165) is 5.75 Å². The highest BCUT2D eigenvalue weighted by atomic mass is 16.5. The third kappa shape index (κ3) is 2.76. The Hall–Kier alpha value is -2.70. The van der Waals surface area contributed by atoms with Crippen molar-refractivity contribution in [2.45, 2.75) is 6.42 Å². The van der Waals surface area contributed by atoms with E-state index in [2.05, 4.69) is 25.3 Å². The van der Waals surface area contributed by atoms with Crippen LogP contribution in [0.4, 0.5) is 0 Å². The molecule has 0 bridgehead atoms. The number of aromatic nitrogens is 5. The Balaban J connectivity index is 1.56. The number of hydrogen-bond acceptors (Lipinski definition) is 6. The van der Waals surface area contributed by atoms with E-state index >= 15 is 0 Å². The summed E-state index contributed by atoms with van der Waals surface area (Å²) < 4.78 is 10.6. The molecular formula is C12H11N5O2. The van der Waals surface area contributed by atoms with Crippen LogP contribution < -0.4 is 4.74 Å². The highest BCUT2D eigenvalue weighted by Gasteiger charge is 2.10. The number of aromatic amines is 1. The molecule has 7 nitrogen and oxygen atoms in total. The molecule has 96 valence electrons. The molecule has 0 fully saturated rings. The van der Waals surface area contributed by atoms with Gasteiger partial charge in [0.2, 0.25) is 11.7 Å². The van der Waals surface area contributed by atoms with Gasteiger partial charge in [0, 0.05) is 0 Å². The fourth-order valence-electron chi connectivity index (χ4n) is 1.54. The van der Waals surface area contributed by atoms with Gasteiger partial charge in [-0.2, -0.15) is 10.1 Å². The molecule has 3 aromatic rings. The maximum absolute atomic E-state index is 5.55. The number of ether oxygens (including phenoxy) is 1. The molecule has 0 spiro atoms. The molecule has 0 saturated carbocycles. The van der Waals surface area contributed by atoms with Gasteiger partial charge in [0.1, 0.15) is 12.1 Å². The Kier molecular flexibility index (Phi) is 3.18. The summed E-state index contributed by atoms with van der Waals surface area (Å²) in [5, 5.41) is 10.2. The van der Waals surface area contributed by atoms with Gasteiger partial charge in [-0.05, 0) is 12.1 Å². The monoisotopic (exact) mass is 257 g/mol. The van der Waals surface area contributed by atoms with Crippen molar-refractivity contribution >= 4 is 0 Å². The van der Waals surface area contributed by atoms with Crippen LogP contribution in [-0.4, -0.2) is 31.9 Å². The molecule has 0 aliphatic carbocycles. The zero-order chi connectivity index (χ0) is 12.9. The van der Waals surface area contributed by atoms with E-state index in [4.69, 9.17) is 9.26 Å². The summed E-state index contributed by atoms with van der Waals surface area (Å²) >= 11 is 0. The van der Waals surface area contributed by atoms with E-state index in [1.54, 1.807) is 0 Å². The second-order valence-electron chi connectivity index (χ2n) is 3.76. The van der Waals surface area contributed by atoms with Crippen molar-refractivity contribution in [2.75, 3.05) is 6.61 Å². The summed E-state index contributed by atoms with van der Waals surface area (Å²) in [7, 11) is 0. The van der Waals surface area contributed by atoms with Crippen LogP contribution in [0.3, 0.4) is 0 Å². The molecule has 0 aliphatic heterocycles. The van der Waals surface area contributed by atoms with Gasteiger partial charge in [-0.3, -0.25) is 5.10 Å². The minimum atomic E-state index is 0.396. The SMILES string of the molecule is c1ccc(OCCc2nc(-c3ncn[nH]3)no2)cc1. The molecule has 0 atom stereocenters. The standard InChI is InChI=1S/C12H11N5O2/c1-2-4-9(5-3-1)18-7-6-10-15-12(17-19-10)11-13-8-14-16-11/h1-5,8H,6-7H2,(H,13,14,16). The van der Waals surface area contributed by atoms with Crippen LogP contribution in [0.2, 0.25) is 0 Å². The molecule has 0 radical (unpaired) electrons. The van der Waals surface area contributed by atoms with Crippen molar-refractivity contribution in [3.05, 3.63) is 42.5 Å². The first-order chi connectivity index (χ1) is 9.42. The average molecular weight is 257 g/mol. The van der Waals surface area contributed by atoms with Crippen molar-refractivity contribution in [3.63, 3.8) is 0 Å². The van der Waals surface area contributed by atoms with Gasteiger partial charge in [0.05, 0.1) is 13.0 Å². The second kappa shape index (κ2) is 5.30. The Morgan fingerprint density at radius 2 is 2.11 bits per heavy atom. The van der Waals surface area contributed by atoms with Gasteiger partial charge < -0.3 is 9.26 Å². The number of nitrogens with zero attached hydrogens (tertiary/aromatic N) is 4. The van der Waals surface area contributed by atoms with Crippen LogP contribution in [0, 0.1) is 0 Å². The summed E-state index contributed by atoms with van der Waals surface area (Å²) in [4.78, 5) is 8.14. The predicted octanol–water partition coefficient (Wildman–Crippen LogP) is 1.48. The Morgan fingerprint density at radius 3 is 2.89 bits per heavy atom. The molecule has 7 heteroatoms. The van der Waals surface area contributed by atoms with Crippen molar-refractivity contribution in [1.82, 2.24) is 25.3 Å². The van der Waals surface area contributed by atoms with E-state index in [0.29, 0.717) is 30.6 Å². The molecule has 1 aromatic carbocycles. The number of hydrogen-bond donors (Lipinski definition) is 1. The fraction of sp³-hybridized carbons (Fsp3) is 0.167. The molecule has 2 aromatic heterocycles. The maximum Gasteiger partial charge on any atom is 0.239 e. The van der Waals surface area contributed by atoms with Crippen molar-refractivity contribution < 1.29 is 9.26 Å². The van der Waals surface area contributed by atoms with E-state index in [-0.39, 0.29) is 0 Å². The third-order valence-corrected chi connectivity index (χ3v) is 2.42. The minimum Gasteiger partial charge on any atom is -0.493 e. The number of nitrogens with one attached hydrogen (secondary N) is 1. The van der Waals surface area contributed by atoms with Crippen molar-refractivity contribution in [3.8, 4) is 17.4 Å². The summed E-state index contributed by atoms with van der Waals surface area (Å²) in [6.45, 7) is 0.474. The first-order valence-electron chi connectivity index (χ1n) is 5.78. The number of para-hydroxylation sites is 1. The second-order valence-corrected chi connectivity index (χ2v) is 3.76. The average Bonchev–Trinajstić information content (AvgIpc) is 3.10. The van der Waals surface area contributed by atoms with Gasteiger partial charge >= 0.3 is 0 Å². The van der Waals surface area contributed by atoms with Crippen LogP contribution in [0.15, 0.2) is 41.2 Å². The zero-order valence-electron chi connectivity index (χ0n) is 9.98. The summed E-state index contributed by atoms with van der Waals surface area (Å²) in [6, 6.07) is 9.57. The predicted molar refractivity (Wildman–Crippen MR) is 65.3 cm³/mol. The van der Waals surface area contributed by atoms with Crippen LogP contribution >= 0.6 is 0 Å². The smallest absolute Gasteiger partial charge is 0.239 e. The molecule has 19 heavy (non-hydrogen) atoms. The van der Waals surface area contributed by atoms with Crippen LogP contribution in [0.25, 0.3) is 11.6 Å². The number of benzene rings is 1. The van der Waals surface area contributed by atoms with Gasteiger partial charge in [0.15, 0.2) is 5.82 Å². The first-order valence-corrected chi connectivity index (χ1v) is 5.78. The summed E-state index contributed by atoms with van der Waals surface area (Å²) in [6.07, 6.45) is 1.93. The van der Waals surface area contributed by atoms with Gasteiger partial charge in [0.25, 0.3) is 0 Å². The highest BCUT2D eigenvalue weighted by Crippen LogP contribution is 2.11. The normalized spacial score (nSPS) is 10.5. The minimum absolute atomic E-state index is 0.396.